The molecule has 3 heteroatoms. The van der Waals surface area contributed by atoms with Crippen molar-refractivity contribution in [2.24, 2.45) is 17.3 Å². The van der Waals surface area contributed by atoms with Crippen molar-refractivity contribution in [2.45, 2.75) is 20.8 Å². The van der Waals surface area contributed by atoms with Crippen LogP contribution in [0.2, 0.25) is 0 Å². The number of allylic oxidation sites excluding steroid dienone is 2. The Morgan fingerprint density at radius 1 is 1.58 bits per heavy atom. The van der Waals surface area contributed by atoms with E-state index >= 15 is 0 Å². The van der Waals surface area contributed by atoms with Crippen LogP contribution in [0.3, 0.4) is 0 Å². The molecule has 0 saturated heterocycles. The summed E-state index contributed by atoms with van der Waals surface area (Å²) < 4.78 is 12.4. The standard InChI is InChI=1S/C9H13FO2/c1-5(10)4-6-7(8(11)12)9(6,2)3/h4,6-7H,1-3H3,(H,11,12)/b5-4-/t6?,7-/m0/s1. The molecule has 0 aromatic rings. The van der Waals surface area contributed by atoms with Gasteiger partial charge in [-0.05, 0) is 24.3 Å². The Morgan fingerprint density at radius 3 is 2.33 bits per heavy atom. The molecule has 0 amide bonds. The summed E-state index contributed by atoms with van der Waals surface area (Å²) >= 11 is 0. The Morgan fingerprint density at radius 2 is 2.08 bits per heavy atom. The molecule has 2 nitrogen and oxygen atoms in total. The van der Waals surface area contributed by atoms with Gasteiger partial charge >= 0.3 is 5.97 Å². The number of rotatable bonds is 2. The maximum absolute atomic E-state index is 12.4. The molecule has 68 valence electrons. The maximum Gasteiger partial charge on any atom is 0.307 e. The second-order valence-electron chi connectivity index (χ2n) is 3.92. The molecular formula is C9H13FO2. The number of carbonyl (C=O) groups is 1. The molecule has 12 heavy (non-hydrogen) atoms. The van der Waals surface area contributed by atoms with Crippen LogP contribution in [0.15, 0.2) is 11.9 Å². The van der Waals surface area contributed by atoms with E-state index in [-0.39, 0.29) is 17.2 Å². The summed E-state index contributed by atoms with van der Waals surface area (Å²) in [6.07, 6.45) is 1.40. The van der Waals surface area contributed by atoms with E-state index in [1.165, 1.54) is 13.0 Å². The topological polar surface area (TPSA) is 37.3 Å². The van der Waals surface area contributed by atoms with Gasteiger partial charge in [-0.3, -0.25) is 4.79 Å². The number of carboxylic acid groups (broad SMARTS) is 1. The van der Waals surface area contributed by atoms with E-state index in [2.05, 4.69) is 0 Å². The first kappa shape index (κ1) is 9.23. The minimum Gasteiger partial charge on any atom is -0.481 e. The first-order chi connectivity index (χ1) is 5.37. The van der Waals surface area contributed by atoms with Gasteiger partial charge in [-0.25, -0.2) is 4.39 Å². The average Bonchev–Trinajstić information content (AvgIpc) is 2.32. The predicted octanol–water partition coefficient (Wildman–Crippen LogP) is 2.22. The predicted molar refractivity (Wildman–Crippen MR) is 43.3 cm³/mol. The van der Waals surface area contributed by atoms with Gasteiger partial charge in [0.05, 0.1) is 11.7 Å². The highest BCUT2D eigenvalue weighted by atomic mass is 19.1. The first-order valence-corrected chi connectivity index (χ1v) is 3.94. The lowest BCUT2D eigenvalue weighted by Crippen LogP contribution is -2.02. The molecule has 0 aliphatic heterocycles. The fraction of sp³-hybridized carbons (Fsp3) is 0.667. The van der Waals surface area contributed by atoms with Crippen LogP contribution >= 0.6 is 0 Å². The van der Waals surface area contributed by atoms with Crippen molar-refractivity contribution in [1.29, 1.82) is 0 Å². The lowest BCUT2D eigenvalue weighted by atomic mass is 10.1. The molecule has 1 unspecified atom stereocenters. The van der Waals surface area contributed by atoms with Gasteiger partial charge < -0.3 is 5.11 Å². The lowest BCUT2D eigenvalue weighted by molar-refractivity contribution is -0.139. The quantitative estimate of drug-likeness (QED) is 0.693. The van der Waals surface area contributed by atoms with E-state index < -0.39 is 11.9 Å². The summed E-state index contributed by atoms with van der Waals surface area (Å²) in [5.74, 6) is -1.68. The maximum atomic E-state index is 12.4. The zero-order valence-corrected chi connectivity index (χ0v) is 7.47. The average molecular weight is 172 g/mol. The van der Waals surface area contributed by atoms with Crippen LogP contribution in [0.4, 0.5) is 4.39 Å². The second-order valence-corrected chi connectivity index (χ2v) is 3.92. The fourth-order valence-corrected chi connectivity index (χ4v) is 1.71. The van der Waals surface area contributed by atoms with Crippen LogP contribution in [-0.2, 0) is 4.79 Å². The summed E-state index contributed by atoms with van der Waals surface area (Å²) in [6, 6.07) is 0. The van der Waals surface area contributed by atoms with E-state index in [1.54, 1.807) is 0 Å². The van der Waals surface area contributed by atoms with Crippen molar-refractivity contribution in [3.63, 3.8) is 0 Å². The fourth-order valence-electron chi connectivity index (χ4n) is 1.71. The molecule has 0 aromatic heterocycles. The summed E-state index contributed by atoms with van der Waals surface area (Å²) in [5.41, 5.74) is -0.279. The molecule has 1 aliphatic rings. The van der Waals surface area contributed by atoms with Gasteiger partial charge in [0, 0.05) is 0 Å². The molecule has 1 saturated carbocycles. The highest BCUT2D eigenvalue weighted by molar-refractivity contribution is 5.76. The van der Waals surface area contributed by atoms with Crippen molar-refractivity contribution in [3.05, 3.63) is 11.9 Å². The van der Waals surface area contributed by atoms with Gasteiger partial charge in [-0.15, -0.1) is 0 Å². The molecule has 0 radical (unpaired) electrons. The lowest BCUT2D eigenvalue weighted by Gasteiger charge is -1.96. The van der Waals surface area contributed by atoms with Crippen molar-refractivity contribution >= 4 is 5.97 Å². The first-order valence-electron chi connectivity index (χ1n) is 3.94. The monoisotopic (exact) mass is 172 g/mol. The normalized spacial score (nSPS) is 33.2. The van der Waals surface area contributed by atoms with Crippen molar-refractivity contribution in [3.8, 4) is 0 Å². The highest BCUT2D eigenvalue weighted by Gasteiger charge is 2.60. The smallest absolute Gasteiger partial charge is 0.307 e. The SMILES string of the molecule is C/C(F)=C/C1[C@@H](C(=O)O)C1(C)C. The van der Waals surface area contributed by atoms with Gasteiger partial charge in [0.15, 0.2) is 0 Å². The molecule has 0 bridgehead atoms. The van der Waals surface area contributed by atoms with Gasteiger partial charge in [0.25, 0.3) is 0 Å². The van der Waals surface area contributed by atoms with Gasteiger partial charge in [0.1, 0.15) is 0 Å². The zero-order chi connectivity index (χ0) is 9.52. The summed E-state index contributed by atoms with van der Waals surface area (Å²) in [7, 11) is 0. The third-order valence-electron chi connectivity index (χ3n) is 2.59. The number of aliphatic carboxylic acids is 1. The van der Waals surface area contributed by atoms with Gasteiger partial charge in [0.2, 0.25) is 0 Å². The molecule has 2 atom stereocenters. The number of halogens is 1. The minimum absolute atomic E-state index is 0.139. The highest BCUT2D eigenvalue weighted by Crippen LogP contribution is 2.59. The molecule has 0 aromatic carbocycles. The summed E-state index contributed by atoms with van der Waals surface area (Å²) in [4.78, 5) is 10.6. The van der Waals surface area contributed by atoms with Crippen molar-refractivity contribution in [1.82, 2.24) is 0 Å². The summed E-state index contributed by atoms with van der Waals surface area (Å²) in [5, 5.41) is 8.72. The van der Waals surface area contributed by atoms with E-state index in [0.717, 1.165) is 0 Å². The van der Waals surface area contributed by atoms with Crippen LogP contribution in [0.25, 0.3) is 0 Å². The van der Waals surface area contributed by atoms with E-state index in [1.807, 2.05) is 13.8 Å². The summed E-state index contributed by atoms with van der Waals surface area (Å²) in [6.45, 7) is 5.03. The zero-order valence-electron chi connectivity index (χ0n) is 7.47. The second kappa shape index (κ2) is 2.57. The Hall–Kier alpha value is -0.860. The third kappa shape index (κ3) is 1.36. The van der Waals surface area contributed by atoms with E-state index in [4.69, 9.17) is 5.11 Å². The molecule has 0 heterocycles. The minimum atomic E-state index is -0.831. The van der Waals surface area contributed by atoms with Crippen molar-refractivity contribution in [2.75, 3.05) is 0 Å². The Bertz CT molecular complexity index is 239. The Balaban J connectivity index is 2.73. The van der Waals surface area contributed by atoms with Crippen LogP contribution in [0.5, 0.6) is 0 Å². The third-order valence-corrected chi connectivity index (χ3v) is 2.59. The van der Waals surface area contributed by atoms with Crippen LogP contribution in [0.1, 0.15) is 20.8 Å². The van der Waals surface area contributed by atoms with Crippen LogP contribution < -0.4 is 0 Å². The van der Waals surface area contributed by atoms with Gasteiger partial charge in [-0.2, -0.15) is 0 Å². The number of hydrogen-bond donors (Lipinski definition) is 1. The van der Waals surface area contributed by atoms with Gasteiger partial charge in [-0.1, -0.05) is 13.8 Å². The Labute approximate surface area is 71.1 Å². The van der Waals surface area contributed by atoms with E-state index in [0.29, 0.717) is 0 Å². The van der Waals surface area contributed by atoms with Crippen LogP contribution in [0, 0.1) is 17.3 Å². The van der Waals surface area contributed by atoms with E-state index in [9.17, 15) is 9.18 Å². The molecule has 1 rings (SSSR count). The number of hydrogen-bond acceptors (Lipinski definition) is 1. The molecule has 0 spiro atoms. The Kier molecular flexibility index (Phi) is 1.98. The molecule has 1 aliphatic carbocycles. The van der Waals surface area contributed by atoms with Crippen molar-refractivity contribution < 1.29 is 14.3 Å². The van der Waals surface area contributed by atoms with Crippen LogP contribution in [-0.4, -0.2) is 11.1 Å². The number of carboxylic acids is 1. The largest absolute Gasteiger partial charge is 0.481 e. The molecule has 1 fully saturated rings. The molecular weight excluding hydrogens is 159 g/mol. The molecule has 1 N–H and O–H groups in total.